The number of halogens is 3. The monoisotopic (exact) mass is 453 g/mol. The van der Waals surface area contributed by atoms with Gasteiger partial charge in [0.15, 0.2) is 6.61 Å². The second kappa shape index (κ2) is 9.83. The molecule has 1 aliphatic rings. The molecule has 2 aromatic rings. The first-order chi connectivity index (χ1) is 14.7. The Labute approximate surface area is 185 Å². The van der Waals surface area contributed by atoms with Crippen molar-refractivity contribution in [1.82, 2.24) is 4.90 Å². The Morgan fingerprint density at radius 3 is 2.55 bits per heavy atom. The molecule has 1 heterocycles. The van der Waals surface area contributed by atoms with E-state index < -0.39 is 17.5 Å². The summed E-state index contributed by atoms with van der Waals surface area (Å²) in [7, 11) is 0. The van der Waals surface area contributed by atoms with Gasteiger partial charge in [0.2, 0.25) is 0 Å². The minimum atomic E-state index is -1.12. The molecule has 1 N–H and O–H groups in total. The van der Waals surface area contributed by atoms with Crippen molar-refractivity contribution in [2.45, 2.75) is 38.4 Å². The van der Waals surface area contributed by atoms with Crippen LogP contribution in [0.3, 0.4) is 0 Å². The van der Waals surface area contributed by atoms with Gasteiger partial charge in [-0.25, -0.2) is 8.78 Å². The van der Waals surface area contributed by atoms with Crippen molar-refractivity contribution in [2.75, 3.05) is 19.7 Å². The van der Waals surface area contributed by atoms with Gasteiger partial charge in [-0.05, 0) is 55.2 Å². The van der Waals surface area contributed by atoms with E-state index in [-0.39, 0.29) is 41.6 Å². The molecule has 8 heteroatoms. The van der Waals surface area contributed by atoms with Gasteiger partial charge in [0.1, 0.15) is 34.8 Å². The van der Waals surface area contributed by atoms with Gasteiger partial charge in [0.25, 0.3) is 5.91 Å². The van der Waals surface area contributed by atoms with Crippen LogP contribution in [0.2, 0.25) is 5.02 Å². The predicted molar refractivity (Wildman–Crippen MR) is 113 cm³/mol. The van der Waals surface area contributed by atoms with E-state index in [0.29, 0.717) is 25.1 Å². The largest absolute Gasteiger partial charge is 0.486 e. The summed E-state index contributed by atoms with van der Waals surface area (Å²) in [5.41, 5.74) is -1.12. The lowest BCUT2D eigenvalue weighted by atomic mass is 9.81. The van der Waals surface area contributed by atoms with Crippen LogP contribution < -0.4 is 9.47 Å². The Bertz CT molecular complexity index is 909. The number of piperidine rings is 1. The van der Waals surface area contributed by atoms with Crippen LogP contribution in [0.5, 0.6) is 11.5 Å². The number of hydrogen-bond acceptors (Lipinski definition) is 4. The van der Waals surface area contributed by atoms with Gasteiger partial charge in [-0.2, -0.15) is 0 Å². The summed E-state index contributed by atoms with van der Waals surface area (Å²) in [4.78, 5) is 14.3. The van der Waals surface area contributed by atoms with E-state index in [1.54, 1.807) is 4.90 Å². The minimum Gasteiger partial charge on any atom is -0.486 e. The SMILES string of the molecule is CC(C)C[C@]1(O)CCN(C(=O)COc2ccc(F)c(Cl)c2)C[C@@H]1Oc1ccc(F)cc1. The fourth-order valence-electron chi connectivity index (χ4n) is 3.75. The van der Waals surface area contributed by atoms with Crippen molar-refractivity contribution < 1.29 is 28.2 Å². The Morgan fingerprint density at radius 1 is 1.23 bits per heavy atom. The highest BCUT2D eigenvalue weighted by atomic mass is 35.5. The summed E-state index contributed by atoms with van der Waals surface area (Å²) in [5.74, 6) is -0.324. The molecule has 168 valence electrons. The number of rotatable bonds is 7. The molecule has 5 nitrogen and oxygen atoms in total. The highest BCUT2D eigenvalue weighted by Crippen LogP contribution is 2.32. The number of likely N-dealkylation sites (tertiary alicyclic amines) is 1. The van der Waals surface area contributed by atoms with Crippen molar-refractivity contribution >= 4 is 17.5 Å². The summed E-state index contributed by atoms with van der Waals surface area (Å²) < 4.78 is 37.9. The molecule has 31 heavy (non-hydrogen) atoms. The second-order valence-corrected chi connectivity index (χ2v) is 8.62. The van der Waals surface area contributed by atoms with E-state index in [2.05, 4.69) is 0 Å². The number of aliphatic hydroxyl groups is 1. The first-order valence-electron chi connectivity index (χ1n) is 10.2. The van der Waals surface area contributed by atoms with Gasteiger partial charge in [0, 0.05) is 12.6 Å². The minimum absolute atomic E-state index is 0.0885. The maximum atomic E-state index is 13.3. The van der Waals surface area contributed by atoms with Crippen molar-refractivity contribution in [3.8, 4) is 11.5 Å². The molecule has 0 saturated carbocycles. The molecular formula is C23H26ClF2NO4. The third kappa shape index (κ3) is 6.08. The van der Waals surface area contributed by atoms with E-state index in [9.17, 15) is 18.7 Å². The molecule has 0 aromatic heterocycles. The van der Waals surface area contributed by atoms with E-state index >= 15 is 0 Å². The van der Waals surface area contributed by atoms with Crippen LogP contribution in [0.4, 0.5) is 8.78 Å². The van der Waals surface area contributed by atoms with E-state index in [4.69, 9.17) is 21.1 Å². The summed E-state index contributed by atoms with van der Waals surface area (Å²) >= 11 is 5.74. The van der Waals surface area contributed by atoms with Crippen LogP contribution in [0.15, 0.2) is 42.5 Å². The molecule has 3 rings (SSSR count). The molecule has 1 amide bonds. The zero-order chi connectivity index (χ0) is 22.6. The Morgan fingerprint density at radius 2 is 1.90 bits per heavy atom. The van der Waals surface area contributed by atoms with Gasteiger partial charge in [-0.3, -0.25) is 4.79 Å². The number of ether oxygens (including phenoxy) is 2. The predicted octanol–water partition coefficient (Wildman–Crippen LogP) is 4.45. The molecule has 0 unspecified atom stereocenters. The number of hydrogen-bond donors (Lipinski definition) is 1. The average molecular weight is 454 g/mol. The zero-order valence-corrected chi connectivity index (χ0v) is 18.2. The fourth-order valence-corrected chi connectivity index (χ4v) is 3.92. The van der Waals surface area contributed by atoms with Crippen LogP contribution in [-0.4, -0.2) is 47.3 Å². The lowest BCUT2D eigenvalue weighted by Crippen LogP contribution is -2.60. The van der Waals surface area contributed by atoms with Crippen LogP contribution >= 0.6 is 11.6 Å². The smallest absolute Gasteiger partial charge is 0.260 e. The molecule has 1 aliphatic heterocycles. The summed E-state index contributed by atoms with van der Waals surface area (Å²) in [6, 6.07) is 9.42. The van der Waals surface area contributed by atoms with Gasteiger partial charge >= 0.3 is 0 Å². The first-order valence-corrected chi connectivity index (χ1v) is 10.5. The van der Waals surface area contributed by atoms with Crippen LogP contribution in [0, 0.1) is 17.6 Å². The fraction of sp³-hybridized carbons (Fsp3) is 0.435. The highest BCUT2D eigenvalue weighted by molar-refractivity contribution is 6.30. The molecule has 0 aliphatic carbocycles. The molecule has 0 bridgehead atoms. The maximum Gasteiger partial charge on any atom is 0.260 e. The quantitative estimate of drug-likeness (QED) is 0.672. The van der Waals surface area contributed by atoms with Crippen LogP contribution in [0.1, 0.15) is 26.7 Å². The van der Waals surface area contributed by atoms with Gasteiger partial charge in [0.05, 0.1) is 11.6 Å². The number of benzene rings is 2. The molecule has 0 radical (unpaired) electrons. The van der Waals surface area contributed by atoms with Crippen molar-refractivity contribution in [2.24, 2.45) is 5.92 Å². The number of carbonyl (C=O) groups excluding carboxylic acids is 1. The third-order valence-corrected chi connectivity index (χ3v) is 5.55. The number of amides is 1. The van der Waals surface area contributed by atoms with Crippen molar-refractivity contribution in [3.05, 3.63) is 59.1 Å². The van der Waals surface area contributed by atoms with Gasteiger partial charge in [-0.1, -0.05) is 25.4 Å². The Balaban J connectivity index is 1.68. The molecule has 0 spiro atoms. The second-order valence-electron chi connectivity index (χ2n) is 8.22. The molecule has 1 fully saturated rings. The highest BCUT2D eigenvalue weighted by Gasteiger charge is 2.44. The van der Waals surface area contributed by atoms with E-state index in [1.165, 1.54) is 42.5 Å². The maximum absolute atomic E-state index is 13.3. The lowest BCUT2D eigenvalue weighted by Gasteiger charge is -2.45. The third-order valence-electron chi connectivity index (χ3n) is 5.26. The van der Waals surface area contributed by atoms with Crippen molar-refractivity contribution in [1.29, 1.82) is 0 Å². The average Bonchev–Trinajstić information content (AvgIpc) is 2.71. The summed E-state index contributed by atoms with van der Waals surface area (Å²) in [6.07, 6.45) is 0.162. The summed E-state index contributed by atoms with van der Waals surface area (Å²) in [6.45, 7) is 4.26. The van der Waals surface area contributed by atoms with Crippen LogP contribution in [0.25, 0.3) is 0 Å². The Hall–Kier alpha value is -2.38. The topological polar surface area (TPSA) is 59.0 Å². The normalized spacial score (nSPS) is 21.3. The first kappa shape index (κ1) is 23.3. The molecular weight excluding hydrogens is 428 g/mol. The molecule has 2 aromatic carbocycles. The van der Waals surface area contributed by atoms with E-state index in [1.807, 2.05) is 13.8 Å². The standard InChI is InChI=1S/C23H26ClF2NO4/c1-15(2)12-23(29)9-10-27(13-21(23)31-17-5-3-16(25)4-6-17)22(28)14-30-18-7-8-20(26)19(24)11-18/h3-8,11,15,21,29H,9-10,12-14H2,1-2H3/t21-,23+/m0/s1. The van der Waals surface area contributed by atoms with Crippen molar-refractivity contribution in [3.63, 3.8) is 0 Å². The number of carbonyl (C=O) groups is 1. The van der Waals surface area contributed by atoms with Crippen LogP contribution in [-0.2, 0) is 4.79 Å². The van der Waals surface area contributed by atoms with Gasteiger partial charge < -0.3 is 19.5 Å². The summed E-state index contributed by atoms with van der Waals surface area (Å²) in [5, 5.41) is 11.2. The number of nitrogens with zero attached hydrogens (tertiary/aromatic N) is 1. The van der Waals surface area contributed by atoms with E-state index in [0.717, 1.165) is 0 Å². The van der Waals surface area contributed by atoms with Gasteiger partial charge in [-0.15, -0.1) is 0 Å². The molecule has 2 atom stereocenters. The zero-order valence-electron chi connectivity index (χ0n) is 17.5. The molecule has 1 saturated heterocycles. The Kier molecular flexibility index (Phi) is 7.38. The lowest BCUT2D eigenvalue weighted by molar-refractivity contribution is -0.150.